The van der Waals surface area contributed by atoms with Gasteiger partial charge in [-0.2, -0.15) is 0 Å². The lowest BCUT2D eigenvalue weighted by Gasteiger charge is -2.44. The molecule has 0 spiro atoms. The van der Waals surface area contributed by atoms with Crippen molar-refractivity contribution in [1.29, 1.82) is 0 Å². The van der Waals surface area contributed by atoms with Crippen LogP contribution in [0.4, 0.5) is 0 Å². The molecule has 1 unspecified atom stereocenters. The number of imidazole rings is 1. The molecule has 1 atom stereocenters. The van der Waals surface area contributed by atoms with E-state index in [1.807, 2.05) is 37.3 Å². The second-order valence-electron chi connectivity index (χ2n) is 7.78. The number of fused-ring (bicyclic) bond motifs is 1. The van der Waals surface area contributed by atoms with E-state index >= 15 is 0 Å². The summed E-state index contributed by atoms with van der Waals surface area (Å²) < 4.78 is 1.63. The predicted molar refractivity (Wildman–Crippen MR) is 106 cm³/mol. The van der Waals surface area contributed by atoms with Crippen LogP contribution in [-0.4, -0.2) is 50.3 Å². The van der Waals surface area contributed by atoms with E-state index < -0.39 is 5.54 Å². The largest absolute Gasteiger partial charge is 0.351 e. The topological polar surface area (TPSA) is 96.3 Å². The quantitative estimate of drug-likeness (QED) is 0.771. The van der Waals surface area contributed by atoms with Gasteiger partial charge in [0, 0.05) is 19.1 Å². The van der Waals surface area contributed by atoms with Gasteiger partial charge >= 0.3 is 0 Å². The van der Waals surface area contributed by atoms with Gasteiger partial charge in [0.1, 0.15) is 11.2 Å². The summed E-state index contributed by atoms with van der Waals surface area (Å²) in [7, 11) is 0. The molecular weight excluding hydrogens is 370 g/mol. The molecule has 2 heterocycles. The molecule has 0 bridgehead atoms. The lowest BCUT2D eigenvalue weighted by Crippen LogP contribution is -2.64. The van der Waals surface area contributed by atoms with Crippen LogP contribution in [0, 0.1) is 0 Å². The van der Waals surface area contributed by atoms with E-state index in [1.165, 1.54) is 6.33 Å². The minimum absolute atomic E-state index is 0.0145. The third kappa shape index (κ3) is 3.39. The van der Waals surface area contributed by atoms with Crippen molar-refractivity contribution in [3.05, 3.63) is 53.6 Å². The Hall–Kier alpha value is -3.16. The molecule has 1 aliphatic heterocycles. The summed E-state index contributed by atoms with van der Waals surface area (Å²) >= 11 is 0. The first-order valence-corrected chi connectivity index (χ1v) is 9.95. The summed E-state index contributed by atoms with van der Waals surface area (Å²) in [5.41, 5.74) is 0.330. The van der Waals surface area contributed by atoms with Crippen molar-refractivity contribution < 1.29 is 14.4 Å². The number of amides is 3. The van der Waals surface area contributed by atoms with Crippen molar-refractivity contribution in [2.45, 2.75) is 51.4 Å². The van der Waals surface area contributed by atoms with Gasteiger partial charge in [-0.15, -0.1) is 0 Å². The van der Waals surface area contributed by atoms with Crippen molar-refractivity contribution in [2.24, 2.45) is 0 Å². The van der Waals surface area contributed by atoms with E-state index in [0.29, 0.717) is 13.1 Å². The Morgan fingerprint density at radius 1 is 1.21 bits per heavy atom. The van der Waals surface area contributed by atoms with Gasteiger partial charge in [-0.3, -0.25) is 14.4 Å². The van der Waals surface area contributed by atoms with Gasteiger partial charge in [0.15, 0.2) is 5.69 Å². The lowest BCUT2D eigenvalue weighted by molar-refractivity contribution is -0.133. The molecule has 4 rings (SSSR count). The van der Waals surface area contributed by atoms with Crippen LogP contribution in [-0.2, 0) is 17.9 Å². The number of nitrogens with one attached hydrogen (secondary N) is 2. The van der Waals surface area contributed by atoms with Crippen LogP contribution in [0.3, 0.4) is 0 Å². The Balaban J connectivity index is 1.63. The van der Waals surface area contributed by atoms with E-state index in [2.05, 4.69) is 15.6 Å². The van der Waals surface area contributed by atoms with Crippen LogP contribution < -0.4 is 10.6 Å². The number of nitrogens with zero attached hydrogens (tertiary/aromatic N) is 3. The molecule has 1 aromatic carbocycles. The maximum Gasteiger partial charge on any atom is 0.274 e. The van der Waals surface area contributed by atoms with Crippen LogP contribution >= 0.6 is 0 Å². The molecule has 152 valence electrons. The fraction of sp³-hybridized carbons (Fsp3) is 0.429. The Labute approximate surface area is 169 Å². The smallest absolute Gasteiger partial charge is 0.274 e. The van der Waals surface area contributed by atoms with E-state index in [0.717, 1.165) is 18.4 Å². The summed E-state index contributed by atoms with van der Waals surface area (Å²) in [5.74, 6) is -0.891. The number of rotatable bonds is 6. The first kappa shape index (κ1) is 19.2. The van der Waals surface area contributed by atoms with Gasteiger partial charge in [0.2, 0.25) is 5.91 Å². The zero-order valence-corrected chi connectivity index (χ0v) is 16.6. The molecule has 2 aliphatic rings. The standard InChI is InChI=1S/C21H25N5O3/c1-3-22-18(27)16-17-19(28)26(15-9-10-15)21(2,12-25(17)13-24-16)20(29)23-11-14-7-5-4-6-8-14/h4-8,13,15H,3,9-12H2,1-2H3,(H,22,27)(H,23,29). The van der Waals surface area contributed by atoms with E-state index in [1.54, 1.807) is 16.4 Å². The highest BCUT2D eigenvalue weighted by molar-refractivity contribution is 6.07. The van der Waals surface area contributed by atoms with Gasteiger partial charge in [-0.05, 0) is 32.3 Å². The number of carbonyl (C=O) groups excluding carboxylic acids is 3. The summed E-state index contributed by atoms with van der Waals surface area (Å²) in [6.45, 7) is 4.71. The highest BCUT2D eigenvalue weighted by Gasteiger charge is 2.53. The average Bonchev–Trinajstić information content (AvgIpc) is 3.45. The Kier molecular flexibility index (Phi) is 4.86. The van der Waals surface area contributed by atoms with Gasteiger partial charge in [-0.25, -0.2) is 4.98 Å². The van der Waals surface area contributed by atoms with E-state index in [4.69, 9.17) is 0 Å². The van der Waals surface area contributed by atoms with Crippen LogP contribution in [0.15, 0.2) is 36.7 Å². The molecule has 8 heteroatoms. The fourth-order valence-electron chi connectivity index (χ4n) is 3.93. The van der Waals surface area contributed by atoms with E-state index in [-0.39, 0.29) is 41.7 Å². The fourth-order valence-corrected chi connectivity index (χ4v) is 3.93. The van der Waals surface area contributed by atoms with Crippen molar-refractivity contribution in [3.8, 4) is 0 Å². The molecule has 29 heavy (non-hydrogen) atoms. The molecule has 8 nitrogen and oxygen atoms in total. The summed E-state index contributed by atoms with van der Waals surface area (Å²) in [4.78, 5) is 44.8. The highest BCUT2D eigenvalue weighted by atomic mass is 16.2. The average molecular weight is 395 g/mol. The van der Waals surface area contributed by atoms with Crippen molar-refractivity contribution in [1.82, 2.24) is 25.1 Å². The van der Waals surface area contributed by atoms with Gasteiger partial charge in [0.25, 0.3) is 11.8 Å². The van der Waals surface area contributed by atoms with Gasteiger partial charge in [-0.1, -0.05) is 30.3 Å². The van der Waals surface area contributed by atoms with Crippen LogP contribution in [0.25, 0.3) is 0 Å². The first-order valence-electron chi connectivity index (χ1n) is 9.95. The maximum atomic E-state index is 13.4. The number of carbonyl (C=O) groups is 3. The van der Waals surface area contributed by atoms with Crippen LogP contribution in [0.2, 0.25) is 0 Å². The molecule has 1 saturated carbocycles. The van der Waals surface area contributed by atoms with Crippen molar-refractivity contribution >= 4 is 17.7 Å². The van der Waals surface area contributed by atoms with Crippen LogP contribution in [0.5, 0.6) is 0 Å². The molecule has 2 N–H and O–H groups in total. The van der Waals surface area contributed by atoms with Gasteiger partial charge in [0.05, 0.1) is 12.9 Å². The zero-order chi connectivity index (χ0) is 20.6. The lowest BCUT2D eigenvalue weighted by atomic mass is 9.93. The minimum Gasteiger partial charge on any atom is -0.351 e. The number of hydrogen-bond donors (Lipinski definition) is 2. The molecule has 1 aliphatic carbocycles. The first-order chi connectivity index (χ1) is 14.0. The molecule has 0 saturated heterocycles. The van der Waals surface area contributed by atoms with Crippen molar-refractivity contribution in [3.63, 3.8) is 0 Å². The Bertz CT molecular complexity index is 950. The minimum atomic E-state index is -1.04. The molecular formula is C21H25N5O3. The molecule has 0 radical (unpaired) electrons. The maximum absolute atomic E-state index is 13.4. The third-order valence-corrected chi connectivity index (χ3v) is 5.52. The number of hydrogen-bond acceptors (Lipinski definition) is 4. The summed E-state index contributed by atoms with van der Waals surface area (Å²) in [6, 6.07) is 9.67. The number of benzene rings is 1. The SMILES string of the molecule is CCNC(=O)c1ncn2c1C(=O)N(C1CC1)C(C)(C(=O)NCc1ccccc1)C2. The number of aromatic nitrogens is 2. The summed E-state index contributed by atoms with van der Waals surface area (Å²) in [5, 5.41) is 5.67. The van der Waals surface area contributed by atoms with Gasteiger partial charge < -0.3 is 20.1 Å². The Morgan fingerprint density at radius 2 is 1.93 bits per heavy atom. The Morgan fingerprint density at radius 3 is 2.59 bits per heavy atom. The third-order valence-electron chi connectivity index (χ3n) is 5.52. The highest BCUT2D eigenvalue weighted by Crippen LogP contribution is 2.38. The molecule has 1 aromatic heterocycles. The monoisotopic (exact) mass is 395 g/mol. The normalized spacial score (nSPS) is 20.9. The summed E-state index contributed by atoms with van der Waals surface area (Å²) in [6.07, 6.45) is 3.20. The van der Waals surface area contributed by atoms with E-state index in [9.17, 15) is 14.4 Å². The predicted octanol–water partition coefficient (Wildman–Crippen LogP) is 1.33. The molecule has 3 amide bonds. The molecule has 2 aromatic rings. The molecule has 1 fully saturated rings. The van der Waals surface area contributed by atoms with Crippen LogP contribution in [0.1, 0.15) is 53.2 Å². The zero-order valence-electron chi connectivity index (χ0n) is 16.6. The second-order valence-corrected chi connectivity index (χ2v) is 7.78. The second kappa shape index (κ2) is 7.35. The van der Waals surface area contributed by atoms with Crippen molar-refractivity contribution in [2.75, 3.05) is 6.54 Å².